The highest BCUT2D eigenvalue weighted by molar-refractivity contribution is 5.36. The minimum atomic E-state index is -0.436. The van der Waals surface area contributed by atoms with Crippen molar-refractivity contribution < 1.29 is 10.2 Å². The molecule has 1 aromatic carbocycles. The molecule has 1 unspecified atom stereocenters. The molecular formula is C11H13N3O2. The van der Waals surface area contributed by atoms with Crippen molar-refractivity contribution in [3.8, 4) is 11.4 Å². The Morgan fingerprint density at radius 1 is 1.31 bits per heavy atom. The summed E-state index contributed by atoms with van der Waals surface area (Å²) in [5, 5.41) is 26.3. The summed E-state index contributed by atoms with van der Waals surface area (Å²) in [7, 11) is 0. The lowest BCUT2D eigenvalue weighted by atomic mass is 10.2. The minimum absolute atomic E-state index is 0.209. The van der Waals surface area contributed by atoms with Gasteiger partial charge in [0.25, 0.3) is 0 Å². The fourth-order valence-corrected chi connectivity index (χ4v) is 1.51. The standard InChI is InChI=1S/C11H13N3O2/c1-8(15)6-10-7-12-13-14(10)9-2-4-11(16)5-3-9/h2-5,7-8,15-16H,6H2,1H3. The largest absolute Gasteiger partial charge is 0.508 e. The van der Waals surface area contributed by atoms with Gasteiger partial charge in [-0.05, 0) is 31.2 Å². The molecule has 0 radical (unpaired) electrons. The topological polar surface area (TPSA) is 71.2 Å². The third-order valence-corrected chi connectivity index (χ3v) is 2.22. The Morgan fingerprint density at radius 3 is 2.62 bits per heavy atom. The number of aliphatic hydroxyl groups excluding tert-OH is 1. The van der Waals surface area contributed by atoms with Crippen molar-refractivity contribution in [2.24, 2.45) is 0 Å². The van der Waals surface area contributed by atoms with Gasteiger partial charge in [0.2, 0.25) is 0 Å². The van der Waals surface area contributed by atoms with Crippen LogP contribution in [0.3, 0.4) is 0 Å². The smallest absolute Gasteiger partial charge is 0.115 e. The van der Waals surface area contributed by atoms with Crippen molar-refractivity contribution in [3.05, 3.63) is 36.2 Å². The SMILES string of the molecule is CC(O)Cc1cnnn1-c1ccc(O)cc1. The normalized spacial score (nSPS) is 12.6. The molecule has 0 aliphatic carbocycles. The summed E-state index contributed by atoms with van der Waals surface area (Å²) in [6.07, 6.45) is 1.68. The lowest BCUT2D eigenvalue weighted by molar-refractivity contribution is 0.193. The van der Waals surface area contributed by atoms with Gasteiger partial charge in [0.05, 0.1) is 23.7 Å². The molecule has 16 heavy (non-hydrogen) atoms. The molecule has 1 aromatic heterocycles. The maximum atomic E-state index is 9.33. The van der Waals surface area contributed by atoms with Crippen LogP contribution in [0.5, 0.6) is 5.75 Å². The van der Waals surface area contributed by atoms with Crippen LogP contribution in [0.1, 0.15) is 12.6 Å². The van der Waals surface area contributed by atoms with Gasteiger partial charge in [-0.1, -0.05) is 5.21 Å². The Balaban J connectivity index is 2.33. The average Bonchev–Trinajstić information content (AvgIpc) is 2.66. The highest BCUT2D eigenvalue weighted by Gasteiger charge is 2.08. The molecule has 84 valence electrons. The number of aromatic nitrogens is 3. The molecule has 1 heterocycles. The Morgan fingerprint density at radius 2 is 2.00 bits per heavy atom. The number of aliphatic hydroxyl groups is 1. The van der Waals surface area contributed by atoms with E-state index in [4.69, 9.17) is 0 Å². The van der Waals surface area contributed by atoms with Gasteiger partial charge >= 0.3 is 0 Å². The Hall–Kier alpha value is -1.88. The van der Waals surface area contributed by atoms with Gasteiger partial charge in [0, 0.05) is 6.42 Å². The summed E-state index contributed by atoms with van der Waals surface area (Å²) in [5.41, 5.74) is 1.65. The molecule has 1 atom stereocenters. The van der Waals surface area contributed by atoms with Gasteiger partial charge in [0.15, 0.2) is 0 Å². The number of rotatable bonds is 3. The third-order valence-electron chi connectivity index (χ3n) is 2.22. The first-order valence-electron chi connectivity index (χ1n) is 5.04. The van der Waals surface area contributed by atoms with Gasteiger partial charge in [-0.3, -0.25) is 0 Å². The number of hydrogen-bond donors (Lipinski definition) is 2. The fraction of sp³-hybridized carbons (Fsp3) is 0.273. The van der Waals surface area contributed by atoms with Gasteiger partial charge in [-0.15, -0.1) is 5.10 Å². The van der Waals surface area contributed by atoms with E-state index in [-0.39, 0.29) is 5.75 Å². The zero-order valence-corrected chi connectivity index (χ0v) is 8.91. The molecule has 5 nitrogen and oxygen atoms in total. The van der Waals surface area contributed by atoms with E-state index in [9.17, 15) is 10.2 Å². The van der Waals surface area contributed by atoms with E-state index in [1.165, 1.54) is 0 Å². The second-order valence-corrected chi connectivity index (χ2v) is 3.71. The van der Waals surface area contributed by atoms with E-state index in [1.807, 2.05) is 0 Å². The number of hydrogen-bond acceptors (Lipinski definition) is 4. The molecule has 0 spiro atoms. The molecule has 2 rings (SSSR count). The third kappa shape index (κ3) is 2.20. The van der Waals surface area contributed by atoms with Crippen LogP contribution < -0.4 is 0 Å². The molecule has 0 amide bonds. The number of nitrogens with zero attached hydrogens (tertiary/aromatic N) is 3. The monoisotopic (exact) mass is 219 g/mol. The molecule has 0 saturated heterocycles. The number of phenolic OH excluding ortho intramolecular Hbond substituents is 1. The van der Waals surface area contributed by atoms with E-state index in [2.05, 4.69) is 10.3 Å². The van der Waals surface area contributed by atoms with Crippen molar-refractivity contribution >= 4 is 0 Å². The first-order valence-corrected chi connectivity index (χ1v) is 5.04. The van der Waals surface area contributed by atoms with E-state index in [0.29, 0.717) is 6.42 Å². The second-order valence-electron chi connectivity index (χ2n) is 3.71. The molecule has 0 saturated carbocycles. The molecule has 0 fully saturated rings. The predicted molar refractivity (Wildman–Crippen MR) is 58.4 cm³/mol. The Bertz CT molecular complexity index is 462. The molecule has 2 N–H and O–H groups in total. The van der Waals surface area contributed by atoms with Crippen molar-refractivity contribution in [1.82, 2.24) is 15.0 Å². The molecule has 5 heteroatoms. The van der Waals surface area contributed by atoms with E-state index in [0.717, 1.165) is 11.4 Å². The number of aromatic hydroxyl groups is 1. The van der Waals surface area contributed by atoms with E-state index < -0.39 is 6.10 Å². The quantitative estimate of drug-likeness (QED) is 0.804. The Labute approximate surface area is 93.0 Å². The summed E-state index contributed by atoms with van der Waals surface area (Å²) in [6.45, 7) is 1.72. The summed E-state index contributed by atoms with van der Waals surface area (Å²) in [5.74, 6) is 0.209. The van der Waals surface area contributed by atoms with Crippen LogP contribution in [0.2, 0.25) is 0 Å². The first-order chi connectivity index (χ1) is 7.66. The van der Waals surface area contributed by atoms with Crippen LogP contribution in [-0.2, 0) is 6.42 Å². The molecule has 0 bridgehead atoms. The fourth-order valence-electron chi connectivity index (χ4n) is 1.51. The van der Waals surface area contributed by atoms with Crippen molar-refractivity contribution in [3.63, 3.8) is 0 Å². The maximum Gasteiger partial charge on any atom is 0.115 e. The van der Waals surface area contributed by atoms with Gasteiger partial charge in [0.1, 0.15) is 5.75 Å². The summed E-state index contributed by atoms with van der Waals surface area (Å²) >= 11 is 0. The van der Waals surface area contributed by atoms with E-state index in [1.54, 1.807) is 42.1 Å². The van der Waals surface area contributed by atoms with Gasteiger partial charge in [-0.25, -0.2) is 4.68 Å². The van der Waals surface area contributed by atoms with Crippen LogP contribution in [0, 0.1) is 0 Å². The maximum absolute atomic E-state index is 9.33. The van der Waals surface area contributed by atoms with E-state index >= 15 is 0 Å². The van der Waals surface area contributed by atoms with Gasteiger partial charge in [-0.2, -0.15) is 0 Å². The first kappa shape index (κ1) is 10.6. The molecular weight excluding hydrogens is 206 g/mol. The molecule has 0 aliphatic heterocycles. The van der Waals surface area contributed by atoms with Gasteiger partial charge < -0.3 is 10.2 Å². The van der Waals surface area contributed by atoms with Crippen molar-refractivity contribution in [2.45, 2.75) is 19.4 Å². The van der Waals surface area contributed by atoms with Crippen LogP contribution in [0.15, 0.2) is 30.5 Å². The highest BCUT2D eigenvalue weighted by atomic mass is 16.3. The van der Waals surface area contributed by atoms with Crippen LogP contribution in [0.25, 0.3) is 5.69 Å². The van der Waals surface area contributed by atoms with Crippen LogP contribution in [-0.4, -0.2) is 31.3 Å². The summed E-state index contributed by atoms with van der Waals surface area (Å²) in [6, 6.07) is 6.66. The second kappa shape index (κ2) is 4.32. The number of benzene rings is 1. The summed E-state index contributed by atoms with van der Waals surface area (Å²) < 4.78 is 1.64. The molecule has 0 aliphatic rings. The molecule has 2 aromatic rings. The van der Waals surface area contributed by atoms with Crippen LogP contribution in [0.4, 0.5) is 0 Å². The lowest BCUT2D eigenvalue weighted by Gasteiger charge is -2.07. The highest BCUT2D eigenvalue weighted by Crippen LogP contribution is 2.15. The van der Waals surface area contributed by atoms with Crippen LogP contribution >= 0.6 is 0 Å². The zero-order chi connectivity index (χ0) is 11.5. The zero-order valence-electron chi connectivity index (χ0n) is 8.91. The lowest BCUT2D eigenvalue weighted by Crippen LogP contribution is -2.10. The number of phenols is 1. The predicted octanol–water partition coefficient (Wildman–Crippen LogP) is 0.896. The average molecular weight is 219 g/mol. The Kier molecular flexibility index (Phi) is 2.87. The summed E-state index contributed by atoms with van der Waals surface area (Å²) in [4.78, 5) is 0. The minimum Gasteiger partial charge on any atom is -0.508 e. The van der Waals surface area contributed by atoms with Crippen molar-refractivity contribution in [2.75, 3.05) is 0 Å². The van der Waals surface area contributed by atoms with Crippen molar-refractivity contribution in [1.29, 1.82) is 0 Å².